The molecule has 0 heterocycles. The maximum absolute atomic E-state index is 6.35. The van der Waals surface area contributed by atoms with Crippen molar-refractivity contribution in [2.24, 2.45) is 17.1 Å². The molecule has 0 amide bonds. The largest absolute Gasteiger partial charge is 0.327 e. The van der Waals surface area contributed by atoms with Crippen molar-refractivity contribution >= 4 is 0 Å². The van der Waals surface area contributed by atoms with Gasteiger partial charge in [-0.2, -0.15) is 0 Å². The van der Waals surface area contributed by atoms with Gasteiger partial charge in [0.15, 0.2) is 0 Å². The van der Waals surface area contributed by atoms with Gasteiger partial charge >= 0.3 is 0 Å². The predicted molar refractivity (Wildman–Crippen MR) is 71.8 cm³/mol. The molecule has 17 heavy (non-hydrogen) atoms. The van der Waals surface area contributed by atoms with Crippen LogP contribution in [0.25, 0.3) is 0 Å². The summed E-state index contributed by atoms with van der Waals surface area (Å²) in [6.45, 7) is 4.68. The Morgan fingerprint density at radius 1 is 1.06 bits per heavy atom. The molecule has 0 bridgehead atoms. The van der Waals surface area contributed by atoms with Gasteiger partial charge in [0.05, 0.1) is 0 Å². The van der Waals surface area contributed by atoms with Gasteiger partial charge in [-0.3, -0.25) is 0 Å². The topological polar surface area (TPSA) is 26.0 Å². The zero-order valence-electron chi connectivity index (χ0n) is 10.9. The van der Waals surface area contributed by atoms with E-state index in [1.165, 1.54) is 31.2 Å². The van der Waals surface area contributed by atoms with E-state index < -0.39 is 0 Å². The van der Waals surface area contributed by atoms with Crippen LogP contribution in [0.2, 0.25) is 0 Å². The average molecular weight is 229 g/mol. The van der Waals surface area contributed by atoms with Crippen LogP contribution in [-0.4, -0.2) is 6.04 Å². The normalized spacial score (nSPS) is 33.6. The van der Waals surface area contributed by atoms with E-state index in [1.54, 1.807) is 0 Å². The molecular weight excluding hydrogens is 206 g/mol. The van der Waals surface area contributed by atoms with Gasteiger partial charge in [-0.1, -0.05) is 57.0 Å². The van der Waals surface area contributed by atoms with E-state index in [2.05, 4.69) is 44.2 Å². The summed E-state index contributed by atoms with van der Waals surface area (Å²) in [4.78, 5) is 0. The van der Waals surface area contributed by atoms with E-state index in [0.29, 0.717) is 22.8 Å². The van der Waals surface area contributed by atoms with E-state index in [1.807, 2.05) is 0 Å². The number of benzene rings is 1. The van der Waals surface area contributed by atoms with Crippen LogP contribution in [0.5, 0.6) is 0 Å². The summed E-state index contributed by atoms with van der Waals surface area (Å²) in [6.07, 6.45) is 5.40. The SMILES string of the molecule is CC1(C)[C@@H](C2(c3ccccc3)CCCC2)[C@@H]1N. The highest BCUT2D eigenvalue weighted by Gasteiger charge is 2.65. The molecule has 2 saturated carbocycles. The minimum atomic E-state index is 0.334. The van der Waals surface area contributed by atoms with E-state index in [9.17, 15) is 0 Å². The molecule has 1 heteroatoms. The molecule has 2 N–H and O–H groups in total. The zero-order chi connectivity index (χ0) is 12.1. The Morgan fingerprint density at radius 3 is 2.06 bits per heavy atom. The van der Waals surface area contributed by atoms with Crippen LogP contribution in [0.15, 0.2) is 30.3 Å². The first-order valence-electron chi connectivity index (χ1n) is 6.90. The fourth-order valence-electron chi connectivity index (χ4n) is 4.29. The standard InChI is InChI=1S/C16H23N/c1-15(2)13(14(15)17)16(10-6-7-11-16)12-8-4-3-5-9-12/h3-5,8-9,13-14H,6-7,10-11,17H2,1-2H3/t13-,14-/m0/s1. The maximum atomic E-state index is 6.35. The van der Waals surface area contributed by atoms with Crippen molar-refractivity contribution in [1.82, 2.24) is 0 Å². The van der Waals surface area contributed by atoms with Crippen LogP contribution in [0.3, 0.4) is 0 Å². The van der Waals surface area contributed by atoms with E-state index >= 15 is 0 Å². The minimum absolute atomic E-state index is 0.334. The highest BCUT2D eigenvalue weighted by atomic mass is 14.9. The second-order valence-corrected chi connectivity index (χ2v) is 6.55. The van der Waals surface area contributed by atoms with Crippen molar-refractivity contribution in [3.05, 3.63) is 35.9 Å². The summed E-state index contributed by atoms with van der Waals surface area (Å²) in [5.41, 5.74) is 8.59. The molecule has 1 aromatic rings. The lowest BCUT2D eigenvalue weighted by atomic mass is 9.72. The lowest BCUT2D eigenvalue weighted by Crippen LogP contribution is -2.29. The Bertz CT molecular complexity index is 401. The maximum Gasteiger partial charge on any atom is 0.0136 e. The van der Waals surface area contributed by atoms with Crippen LogP contribution in [0.4, 0.5) is 0 Å². The summed E-state index contributed by atoms with van der Waals surface area (Å²) < 4.78 is 0. The summed E-state index contributed by atoms with van der Waals surface area (Å²) in [7, 11) is 0. The molecule has 0 spiro atoms. The molecule has 0 aromatic heterocycles. The molecule has 2 atom stereocenters. The number of hydrogen-bond donors (Lipinski definition) is 1. The molecule has 92 valence electrons. The van der Waals surface area contributed by atoms with Gasteiger partial charge in [0.25, 0.3) is 0 Å². The molecule has 1 aromatic carbocycles. The third kappa shape index (κ3) is 1.48. The van der Waals surface area contributed by atoms with Crippen molar-refractivity contribution in [1.29, 1.82) is 0 Å². The number of nitrogens with two attached hydrogens (primary N) is 1. The van der Waals surface area contributed by atoms with Crippen molar-refractivity contribution in [2.75, 3.05) is 0 Å². The van der Waals surface area contributed by atoms with Crippen molar-refractivity contribution in [3.8, 4) is 0 Å². The second-order valence-electron chi connectivity index (χ2n) is 6.55. The van der Waals surface area contributed by atoms with Gasteiger partial charge < -0.3 is 5.73 Å². The van der Waals surface area contributed by atoms with Gasteiger partial charge in [-0.25, -0.2) is 0 Å². The first kappa shape index (κ1) is 11.3. The third-order valence-corrected chi connectivity index (χ3v) is 5.35. The smallest absolute Gasteiger partial charge is 0.0136 e. The Labute approximate surface area is 104 Å². The highest BCUT2D eigenvalue weighted by molar-refractivity contribution is 5.34. The van der Waals surface area contributed by atoms with Crippen LogP contribution in [0, 0.1) is 11.3 Å². The fourth-order valence-corrected chi connectivity index (χ4v) is 4.29. The van der Waals surface area contributed by atoms with E-state index in [0.717, 1.165) is 0 Å². The van der Waals surface area contributed by atoms with Gasteiger partial charge in [0.1, 0.15) is 0 Å². The first-order valence-corrected chi connectivity index (χ1v) is 6.90. The fraction of sp³-hybridized carbons (Fsp3) is 0.625. The van der Waals surface area contributed by atoms with Crippen LogP contribution in [-0.2, 0) is 5.41 Å². The van der Waals surface area contributed by atoms with Crippen molar-refractivity contribution in [2.45, 2.75) is 51.0 Å². The first-order chi connectivity index (χ1) is 8.09. The molecule has 2 aliphatic carbocycles. The summed E-state index contributed by atoms with van der Waals surface area (Å²) >= 11 is 0. The molecular formula is C16H23N. The van der Waals surface area contributed by atoms with Gasteiger partial charge in [0, 0.05) is 11.5 Å². The average Bonchev–Trinajstić information content (AvgIpc) is 2.73. The predicted octanol–water partition coefficient (Wildman–Crippen LogP) is 3.48. The van der Waals surface area contributed by atoms with E-state index in [4.69, 9.17) is 5.73 Å². The summed E-state index contributed by atoms with van der Waals surface area (Å²) in [6, 6.07) is 11.5. The Morgan fingerprint density at radius 2 is 1.59 bits per heavy atom. The monoisotopic (exact) mass is 229 g/mol. The molecule has 2 fully saturated rings. The number of rotatable bonds is 2. The van der Waals surface area contributed by atoms with Gasteiger partial charge in [-0.15, -0.1) is 0 Å². The molecule has 0 saturated heterocycles. The highest BCUT2D eigenvalue weighted by Crippen LogP contribution is 2.64. The van der Waals surface area contributed by atoms with Crippen LogP contribution >= 0.6 is 0 Å². The van der Waals surface area contributed by atoms with Gasteiger partial charge in [-0.05, 0) is 29.7 Å². The Kier molecular flexibility index (Phi) is 2.38. The molecule has 0 radical (unpaired) electrons. The van der Waals surface area contributed by atoms with E-state index in [-0.39, 0.29) is 0 Å². The quantitative estimate of drug-likeness (QED) is 0.825. The zero-order valence-corrected chi connectivity index (χ0v) is 10.9. The minimum Gasteiger partial charge on any atom is -0.327 e. The lowest BCUT2D eigenvalue weighted by molar-refractivity contribution is 0.327. The Hall–Kier alpha value is -0.820. The van der Waals surface area contributed by atoms with Crippen LogP contribution < -0.4 is 5.73 Å². The molecule has 0 unspecified atom stereocenters. The second kappa shape index (κ2) is 3.58. The number of hydrogen-bond acceptors (Lipinski definition) is 1. The molecule has 3 rings (SSSR count). The summed E-state index contributed by atoms with van der Waals surface area (Å²) in [5, 5.41) is 0. The van der Waals surface area contributed by atoms with Crippen molar-refractivity contribution in [3.63, 3.8) is 0 Å². The third-order valence-electron chi connectivity index (χ3n) is 5.35. The lowest BCUT2D eigenvalue weighted by Gasteiger charge is -2.31. The van der Waals surface area contributed by atoms with Crippen molar-refractivity contribution < 1.29 is 0 Å². The van der Waals surface area contributed by atoms with Crippen LogP contribution in [0.1, 0.15) is 45.1 Å². The van der Waals surface area contributed by atoms with Gasteiger partial charge in [0.2, 0.25) is 0 Å². The molecule has 0 aliphatic heterocycles. The Balaban J connectivity index is 2.01. The summed E-state index contributed by atoms with van der Waals surface area (Å²) in [5.74, 6) is 0.680. The molecule has 1 nitrogen and oxygen atoms in total. The molecule has 2 aliphatic rings.